The zero-order valence-corrected chi connectivity index (χ0v) is 13.9. The molecule has 1 aromatic rings. The first-order valence-electron chi connectivity index (χ1n) is 7.72. The van der Waals surface area contributed by atoms with E-state index in [-0.39, 0.29) is 17.6 Å². The fourth-order valence-electron chi connectivity index (χ4n) is 2.53. The highest BCUT2D eigenvalue weighted by Gasteiger charge is 2.22. The largest absolute Gasteiger partial charge is 0.377 e. The maximum absolute atomic E-state index is 6.34. The van der Waals surface area contributed by atoms with E-state index in [9.17, 15) is 0 Å². The van der Waals surface area contributed by atoms with Crippen LogP contribution in [0.2, 0.25) is 0 Å². The molecule has 0 bridgehead atoms. The number of rotatable bonds is 6. The van der Waals surface area contributed by atoms with Crippen molar-refractivity contribution in [1.29, 1.82) is 0 Å². The molecule has 0 aliphatic heterocycles. The predicted octanol–water partition coefficient (Wildman–Crippen LogP) is 3.92. The molecule has 2 unspecified atom stereocenters. The number of hydrogen-bond acceptors (Lipinski definition) is 2. The first-order valence-corrected chi connectivity index (χ1v) is 7.72. The maximum atomic E-state index is 6.34. The molecule has 0 spiro atoms. The first kappa shape index (κ1) is 17.2. The average Bonchev–Trinajstić information content (AvgIpc) is 2.34. The summed E-state index contributed by atoms with van der Waals surface area (Å²) in [4.78, 5) is 0. The topological polar surface area (TPSA) is 35.2 Å². The smallest absolute Gasteiger partial charge is 0.0751 e. The molecule has 0 amide bonds. The summed E-state index contributed by atoms with van der Waals surface area (Å²) in [7, 11) is 0. The van der Waals surface area contributed by atoms with Crippen LogP contribution in [0.1, 0.15) is 52.7 Å². The van der Waals surface area contributed by atoms with Gasteiger partial charge in [-0.2, -0.15) is 0 Å². The molecule has 0 fully saturated rings. The molecule has 2 N–H and O–H groups in total. The molecule has 0 saturated heterocycles. The molecular weight excluding hydrogens is 246 g/mol. The van der Waals surface area contributed by atoms with Gasteiger partial charge in [0.05, 0.1) is 6.10 Å². The van der Waals surface area contributed by atoms with E-state index in [1.54, 1.807) is 0 Å². The van der Waals surface area contributed by atoms with Crippen molar-refractivity contribution in [3.05, 3.63) is 35.4 Å². The number of ether oxygens (including phenoxy) is 1. The van der Waals surface area contributed by atoms with Crippen LogP contribution in [0.4, 0.5) is 0 Å². The van der Waals surface area contributed by atoms with Gasteiger partial charge in [-0.15, -0.1) is 0 Å². The molecule has 2 heteroatoms. The lowest BCUT2D eigenvalue weighted by Gasteiger charge is -2.27. The highest BCUT2D eigenvalue weighted by atomic mass is 16.5. The molecule has 2 nitrogen and oxygen atoms in total. The highest BCUT2D eigenvalue weighted by molar-refractivity contribution is 5.28. The van der Waals surface area contributed by atoms with Gasteiger partial charge in [-0.1, -0.05) is 58.9 Å². The fraction of sp³-hybridized carbons (Fsp3) is 0.667. The van der Waals surface area contributed by atoms with Crippen LogP contribution in [0.15, 0.2) is 24.3 Å². The second-order valence-electron chi connectivity index (χ2n) is 6.98. The summed E-state index contributed by atoms with van der Waals surface area (Å²) in [6.45, 7) is 13.8. The van der Waals surface area contributed by atoms with Gasteiger partial charge in [-0.25, -0.2) is 0 Å². The third-order valence-electron chi connectivity index (χ3n) is 3.73. The highest BCUT2D eigenvalue weighted by Crippen LogP contribution is 2.23. The molecule has 0 heterocycles. The summed E-state index contributed by atoms with van der Waals surface area (Å²) in [6.07, 6.45) is 0.995. The standard InChI is InChI=1S/C18H31NO/c1-7-20-17(13(2)3)16(19)12-14-8-10-15(11-9-14)18(4,5)6/h8-11,13,16-17H,7,12,19H2,1-6H3. The summed E-state index contributed by atoms with van der Waals surface area (Å²) in [6, 6.07) is 8.88. The molecule has 0 aromatic heterocycles. The molecule has 114 valence electrons. The average molecular weight is 277 g/mol. The Kier molecular flexibility index (Phi) is 6.22. The van der Waals surface area contributed by atoms with Crippen LogP contribution in [0.5, 0.6) is 0 Å². The van der Waals surface area contributed by atoms with Gasteiger partial charge in [0.1, 0.15) is 0 Å². The fourth-order valence-corrected chi connectivity index (χ4v) is 2.53. The van der Waals surface area contributed by atoms with E-state index in [1.807, 2.05) is 6.92 Å². The van der Waals surface area contributed by atoms with Crippen molar-refractivity contribution < 1.29 is 4.74 Å². The lowest BCUT2D eigenvalue weighted by molar-refractivity contribution is 0.0128. The quantitative estimate of drug-likeness (QED) is 0.855. The van der Waals surface area contributed by atoms with E-state index in [1.165, 1.54) is 11.1 Å². The minimum Gasteiger partial charge on any atom is -0.377 e. The van der Waals surface area contributed by atoms with E-state index in [0.29, 0.717) is 5.92 Å². The summed E-state index contributed by atoms with van der Waals surface area (Å²) >= 11 is 0. The van der Waals surface area contributed by atoms with Gasteiger partial charge >= 0.3 is 0 Å². The number of benzene rings is 1. The SMILES string of the molecule is CCOC(C(C)C)C(N)Cc1ccc(C(C)(C)C)cc1. The van der Waals surface area contributed by atoms with Crippen LogP contribution < -0.4 is 5.73 Å². The van der Waals surface area contributed by atoms with Crippen molar-refractivity contribution in [2.24, 2.45) is 11.7 Å². The lowest BCUT2D eigenvalue weighted by Crippen LogP contribution is -2.42. The monoisotopic (exact) mass is 277 g/mol. The zero-order chi connectivity index (χ0) is 15.3. The minimum absolute atomic E-state index is 0.0513. The van der Waals surface area contributed by atoms with Gasteiger partial charge in [0.15, 0.2) is 0 Å². The van der Waals surface area contributed by atoms with E-state index in [0.717, 1.165) is 13.0 Å². The molecule has 0 aliphatic carbocycles. The Labute approximate surface area is 124 Å². The normalized spacial score (nSPS) is 15.4. The van der Waals surface area contributed by atoms with E-state index >= 15 is 0 Å². The van der Waals surface area contributed by atoms with Crippen molar-refractivity contribution in [3.63, 3.8) is 0 Å². The molecule has 1 rings (SSSR count). The summed E-state index contributed by atoms with van der Waals surface area (Å²) in [5, 5.41) is 0. The Balaban J connectivity index is 2.72. The van der Waals surface area contributed by atoms with Crippen molar-refractivity contribution in [1.82, 2.24) is 0 Å². The van der Waals surface area contributed by atoms with Gasteiger partial charge in [0.25, 0.3) is 0 Å². The predicted molar refractivity (Wildman–Crippen MR) is 87.1 cm³/mol. The van der Waals surface area contributed by atoms with Crippen molar-refractivity contribution in [2.45, 2.75) is 65.5 Å². The van der Waals surface area contributed by atoms with Gasteiger partial charge in [0, 0.05) is 12.6 Å². The molecule has 2 atom stereocenters. The van der Waals surface area contributed by atoms with E-state index in [4.69, 9.17) is 10.5 Å². The third kappa shape index (κ3) is 4.92. The van der Waals surface area contributed by atoms with E-state index in [2.05, 4.69) is 58.9 Å². The van der Waals surface area contributed by atoms with Crippen molar-refractivity contribution in [2.75, 3.05) is 6.61 Å². The summed E-state index contributed by atoms with van der Waals surface area (Å²) in [5.74, 6) is 0.443. The Morgan fingerprint density at radius 3 is 2.05 bits per heavy atom. The lowest BCUT2D eigenvalue weighted by atomic mass is 9.86. The summed E-state index contributed by atoms with van der Waals surface area (Å²) in [5.41, 5.74) is 9.19. The van der Waals surface area contributed by atoms with Crippen LogP contribution in [-0.4, -0.2) is 18.8 Å². The molecule has 0 saturated carbocycles. The molecule has 1 aromatic carbocycles. The first-order chi connectivity index (χ1) is 9.25. The van der Waals surface area contributed by atoms with Crippen LogP contribution in [0, 0.1) is 5.92 Å². The van der Waals surface area contributed by atoms with Crippen molar-refractivity contribution in [3.8, 4) is 0 Å². The van der Waals surface area contributed by atoms with Gasteiger partial charge in [0.2, 0.25) is 0 Å². The number of nitrogens with two attached hydrogens (primary N) is 1. The van der Waals surface area contributed by atoms with Gasteiger partial charge in [-0.05, 0) is 35.8 Å². The second kappa shape index (κ2) is 7.24. The third-order valence-corrected chi connectivity index (χ3v) is 3.73. The Hall–Kier alpha value is -0.860. The van der Waals surface area contributed by atoms with Gasteiger partial charge in [-0.3, -0.25) is 0 Å². The zero-order valence-electron chi connectivity index (χ0n) is 13.9. The van der Waals surface area contributed by atoms with E-state index < -0.39 is 0 Å². The number of hydrogen-bond donors (Lipinski definition) is 1. The maximum Gasteiger partial charge on any atom is 0.0751 e. The van der Waals surface area contributed by atoms with Crippen molar-refractivity contribution >= 4 is 0 Å². The minimum atomic E-state index is 0.0513. The molecule has 0 aliphatic rings. The van der Waals surface area contributed by atoms with Crippen LogP contribution in [0.3, 0.4) is 0 Å². The summed E-state index contributed by atoms with van der Waals surface area (Å²) < 4.78 is 5.79. The molecule has 0 radical (unpaired) electrons. The Morgan fingerprint density at radius 2 is 1.65 bits per heavy atom. The Bertz CT molecular complexity index is 389. The van der Waals surface area contributed by atoms with Crippen LogP contribution >= 0.6 is 0 Å². The van der Waals surface area contributed by atoms with Crippen LogP contribution in [-0.2, 0) is 16.6 Å². The molecule has 20 heavy (non-hydrogen) atoms. The van der Waals surface area contributed by atoms with Gasteiger partial charge < -0.3 is 10.5 Å². The second-order valence-corrected chi connectivity index (χ2v) is 6.98. The molecular formula is C18H31NO. The Morgan fingerprint density at radius 1 is 1.10 bits per heavy atom. The van der Waals surface area contributed by atoms with Crippen LogP contribution in [0.25, 0.3) is 0 Å².